The number of hydrogen-bond donors (Lipinski definition) is 2. The van der Waals surface area contributed by atoms with Crippen molar-refractivity contribution in [2.75, 3.05) is 12.0 Å². The lowest BCUT2D eigenvalue weighted by Crippen LogP contribution is -2.35. The second-order valence-electron chi connectivity index (χ2n) is 1.87. The first-order valence-corrected chi connectivity index (χ1v) is 5.24. The van der Waals surface area contributed by atoms with Crippen molar-refractivity contribution in [2.24, 2.45) is 0 Å². The van der Waals surface area contributed by atoms with E-state index in [-0.39, 0.29) is 0 Å². The number of aliphatic carboxylic acids is 1. The number of carboxylic acid groups (broad SMARTS) is 1. The third kappa shape index (κ3) is 5.71. The summed E-state index contributed by atoms with van der Waals surface area (Å²) in [6.07, 6.45) is 2.50. The van der Waals surface area contributed by atoms with Gasteiger partial charge in [-0.2, -0.15) is 17.2 Å². The molecule has 0 radical (unpaired) electrons. The fraction of sp³-hybridized carbons (Fsp3) is 0.800. The Morgan fingerprint density at radius 2 is 2.55 bits per heavy atom. The molecule has 1 atom stereocenters. The van der Waals surface area contributed by atoms with Gasteiger partial charge in [0.1, 0.15) is 29.0 Å². The highest BCUT2D eigenvalue weighted by Crippen LogP contribution is 2.01. The molecular weight excluding hydrogens is 281 g/mol. The van der Waals surface area contributed by atoms with Crippen molar-refractivity contribution in [3.8, 4) is 0 Å². The first-order valence-electron chi connectivity index (χ1n) is 2.97. The minimum atomic E-state index is -0.879. The zero-order chi connectivity index (χ0) is 8.69. The summed E-state index contributed by atoms with van der Waals surface area (Å²) in [5.41, 5.74) is 2.39. The lowest BCUT2D eigenvalue weighted by Gasteiger charge is -2.09. The molecule has 11 heavy (non-hydrogen) atoms. The molecule has 0 aliphatic heterocycles. The average molecular weight is 291 g/mol. The minimum absolute atomic E-state index is 0.569. The summed E-state index contributed by atoms with van der Waals surface area (Å²) < 4.78 is 4.49. The largest absolute Gasteiger partial charge is 0.480 e. The van der Waals surface area contributed by atoms with Gasteiger partial charge in [0.15, 0.2) is 0 Å². The van der Waals surface area contributed by atoms with E-state index in [1.54, 1.807) is 34.8 Å². The topological polar surface area (TPSA) is 58.6 Å². The minimum Gasteiger partial charge on any atom is -0.480 e. The molecule has 2 N–H and O–H groups in total. The van der Waals surface area contributed by atoms with Crippen molar-refractivity contribution in [2.45, 2.75) is 12.5 Å². The van der Waals surface area contributed by atoms with Crippen molar-refractivity contribution in [1.29, 1.82) is 0 Å². The number of carboxylic acids is 1. The van der Waals surface area contributed by atoms with Gasteiger partial charge in [-0.1, -0.05) is 0 Å². The van der Waals surface area contributed by atoms with Crippen LogP contribution in [0.4, 0.5) is 0 Å². The van der Waals surface area contributed by atoms with E-state index >= 15 is 0 Å². The summed E-state index contributed by atoms with van der Waals surface area (Å²) in [5, 5.41) is 8.58. The summed E-state index contributed by atoms with van der Waals surface area (Å²) in [7, 11) is 0. The van der Waals surface area contributed by atoms with Crippen molar-refractivity contribution < 1.29 is 13.1 Å². The summed E-state index contributed by atoms with van der Waals surface area (Å²) in [6, 6.07) is -0.598. The van der Waals surface area contributed by atoms with Crippen molar-refractivity contribution in [3.05, 3.63) is 0 Å². The predicted octanol–water partition coefficient (Wildman–Crippen LogP) is 1.06. The van der Waals surface area contributed by atoms with Crippen molar-refractivity contribution >= 4 is 40.7 Å². The van der Waals surface area contributed by atoms with Gasteiger partial charge >= 0.3 is 5.97 Å². The Morgan fingerprint density at radius 1 is 1.91 bits per heavy atom. The van der Waals surface area contributed by atoms with Gasteiger partial charge in [0, 0.05) is 0 Å². The molecule has 0 spiro atoms. The highest BCUT2D eigenvalue weighted by Gasteiger charge is 2.15. The zero-order valence-corrected chi connectivity index (χ0v) is 9.02. The first-order chi connectivity index (χ1) is 5.22. The molecule has 0 unspecified atom stereocenters. The Hall–Kier alpha value is 0.470. The average Bonchev–Trinajstić information content (AvgIpc) is 1.97. The third-order valence-electron chi connectivity index (χ3n) is 1.10. The highest BCUT2D eigenvalue weighted by atomic mass is 127. The Labute approximate surface area is 83.7 Å². The van der Waals surface area contributed by atoms with Crippen molar-refractivity contribution in [1.82, 2.24) is 5.48 Å². The van der Waals surface area contributed by atoms with Crippen LogP contribution in [0, 0.1) is 0 Å². The van der Waals surface area contributed by atoms with Crippen LogP contribution in [0.2, 0.25) is 0 Å². The first kappa shape index (κ1) is 11.5. The summed E-state index contributed by atoms with van der Waals surface area (Å²) in [5.74, 6) is -0.0695. The van der Waals surface area contributed by atoms with Crippen LogP contribution in [-0.2, 0) is 7.96 Å². The SMILES string of the molecule is CSCC[C@H](NOI)C(=O)O. The fourth-order valence-electron chi connectivity index (χ4n) is 0.522. The van der Waals surface area contributed by atoms with Gasteiger partial charge in [-0.3, -0.25) is 4.79 Å². The van der Waals surface area contributed by atoms with Gasteiger partial charge in [-0.15, -0.1) is 0 Å². The molecule has 4 nitrogen and oxygen atoms in total. The molecule has 0 aromatic carbocycles. The maximum Gasteiger partial charge on any atom is 0.323 e. The second-order valence-corrected chi connectivity index (χ2v) is 3.29. The number of rotatable bonds is 6. The van der Waals surface area contributed by atoms with E-state index in [9.17, 15) is 4.79 Å². The molecule has 0 aromatic heterocycles. The molecule has 0 fully saturated rings. The van der Waals surface area contributed by atoms with Crippen LogP contribution in [0.1, 0.15) is 6.42 Å². The number of halogens is 1. The van der Waals surface area contributed by atoms with Crippen LogP contribution < -0.4 is 5.48 Å². The van der Waals surface area contributed by atoms with Crippen LogP contribution in [-0.4, -0.2) is 29.1 Å². The quantitative estimate of drug-likeness (QED) is 0.566. The van der Waals surface area contributed by atoms with E-state index in [0.717, 1.165) is 5.75 Å². The second kappa shape index (κ2) is 7.14. The van der Waals surface area contributed by atoms with E-state index < -0.39 is 12.0 Å². The molecule has 6 heteroatoms. The monoisotopic (exact) mass is 291 g/mol. The molecule has 0 heterocycles. The molecule has 0 aromatic rings. The Morgan fingerprint density at radius 3 is 2.91 bits per heavy atom. The van der Waals surface area contributed by atoms with Crippen LogP contribution in [0.5, 0.6) is 0 Å². The Balaban J connectivity index is 3.60. The summed E-state index contributed by atoms with van der Waals surface area (Å²) >= 11 is 3.22. The van der Waals surface area contributed by atoms with E-state index in [0.29, 0.717) is 6.42 Å². The predicted molar refractivity (Wildman–Crippen MR) is 52.7 cm³/mol. The van der Waals surface area contributed by atoms with Gasteiger partial charge in [0.2, 0.25) is 0 Å². The normalized spacial score (nSPS) is 12.9. The lowest BCUT2D eigenvalue weighted by molar-refractivity contribution is -0.141. The van der Waals surface area contributed by atoms with E-state index in [2.05, 4.69) is 8.65 Å². The van der Waals surface area contributed by atoms with Crippen LogP contribution in [0.25, 0.3) is 0 Å². The fourth-order valence-corrected chi connectivity index (χ4v) is 1.30. The summed E-state index contributed by atoms with van der Waals surface area (Å²) in [6.45, 7) is 0. The standard InChI is InChI=1S/C5H10INO3S/c1-11-3-2-4(5(8)9)7-10-6/h4,7H,2-3H2,1H3,(H,8,9)/t4-/m0/s1. The molecule has 0 bridgehead atoms. The molecule has 66 valence electrons. The van der Waals surface area contributed by atoms with Gasteiger partial charge in [-0.05, 0) is 18.4 Å². The smallest absolute Gasteiger partial charge is 0.323 e. The third-order valence-corrected chi connectivity index (χ3v) is 1.99. The van der Waals surface area contributed by atoms with Gasteiger partial charge in [0.25, 0.3) is 0 Å². The molecule has 0 amide bonds. The van der Waals surface area contributed by atoms with E-state index in [1.807, 2.05) is 6.26 Å². The molecule has 0 rings (SSSR count). The molecule has 0 saturated heterocycles. The highest BCUT2D eigenvalue weighted by molar-refractivity contribution is 14.1. The van der Waals surface area contributed by atoms with Crippen molar-refractivity contribution in [3.63, 3.8) is 0 Å². The Kier molecular flexibility index (Phi) is 7.44. The van der Waals surface area contributed by atoms with E-state index in [1.165, 1.54) is 0 Å². The number of hydrogen-bond acceptors (Lipinski definition) is 4. The van der Waals surface area contributed by atoms with Gasteiger partial charge < -0.3 is 5.11 Å². The van der Waals surface area contributed by atoms with Crippen LogP contribution in [0.3, 0.4) is 0 Å². The summed E-state index contributed by atoms with van der Waals surface area (Å²) in [4.78, 5) is 10.4. The molecule has 0 aliphatic carbocycles. The maximum atomic E-state index is 10.4. The number of thioether (sulfide) groups is 1. The zero-order valence-electron chi connectivity index (χ0n) is 6.04. The number of hydroxylamine groups is 1. The molecular formula is C5H10INO3S. The molecule has 0 saturated carbocycles. The molecule has 0 aliphatic rings. The lowest BCUT2D eigenvalue weighted by atomic mass is 10.2. The Bertz CT molecular complexity index is 124. The van der Waals surface area contributed by atoms with E-state index in [4.69, 9.17) is 5.11 Å². The maximum absolute atomic E-state index is 10.4. The number of carbonyl (C=O) groups is 1. The van der Waals surface area contributed by atoms with Crippen LogP contribution in [0.15, 0.2) is 0 Å². The van der Waals surface area contributed by atoms with Gasteiger partial charge in [-0.25, -0.2) is 3.17 Å². The number of nitrogens with one attached hydrogen (secondary N) is 1. The van der Waals surface area contributed by atoms with Gasteiger partial charge in [0.05, 0.1) is 0 Å². The van der Waals surface area contributed by atoms with Crippen LogP contribution >= 0.6 is 34.8 Å².